The first kappa shape index (κ1) is 15.7. The molecule has 0 radical (unpaired) electrons. The molecule has 0 spiro atoms. The molecule has 1 amide bonds. The molecule has 2 aliphatic rings. The molecule has 2 aliphatic heterocycles. The third kappa shape index (κ3) is 4.43. The lowest BCUT2D eigenvalue weighted by molar-refractivity contribution is -0.133. The summed E-state index contributed by atoms with van der Waals surface area (Å²) in [6, 6.07) is 0.568. The van der Waals surface area contributed by atoms with Gasteiger partial charge in [-0.3, -0.25) is 9.69 Å². The number of hydrogen-bond donors (Lipinski definition) is 1. The second kappa shape index (κ2) is 7.96. The topological polar surface area (TPSA) is 38.8 Å². The highest BCUT2D eigenvalue weighted by Gasteiger charge is 2.23. The van der Waals surface area contributed by atoms with Crippen molar-refractivity contribution in [3.05, 3.63) is 0 Å². The van der Waals surface area contributed by atoms with E-state index in [9.17, 15) is 4.79 Å². The third-order valence-corrected chi connectivity index (χ3v) is 4.72. The first-order chi connectivity index (χ1) is 9.70. The highest BCUT2D eigenvalue weighted by atomic mass is 16.2. The van der Waals surface area contributed by atoms with Gasteiger partial charge in [0.05, 0.1) is 6.54 Å². The van der Waals surface area contributed by atoms with E-state index < -0.39 is 0 Å². The summed E-state index contributed by atoms with van der Waals surface area (Å²) in [5.74, 6) is 0.297. The van der Waals surface area contributed by atoms with E-state index in [0.29, 0.717) is 18.5 Å². The van der Waals surface area contributed by atoms with Crippen LogP contribution in [0.3, 0.4) is 0 Å². The Morgan fingerprint density at radius 1 is 1.20 bits per heavy atom. The van der Waals surface area contributed by atoms with Crippen molar-refractivity contribution in [2.24, 2.45) is 0 Å². The average molecular weight is 282 g/mol. The van der Waals surface area contributed by atoms with Crippen molar-refractivity contribution < 1.29 is 4.79 Å². The number of piperazine rings is 1. The summed E-state index contributed by atoms with van der Waals surface area (Å²) in [6.45, 7) is 9.95. The largest absolute Gasteiger partial charge is 0.339 e. The summed E-state index contributed by atoms with van der Waals surface area (Å²) in [7, 11) is 2.12. The number of hydrogen-bond acceptors (Lipinski definition) is 4. The number of likely N-dealkylation sites (N-methyl/N-ethyl adjacent to an activating group) is 1. The van der Waals surface area contributed by atoms with Gasteiger partial charge >= 0.3 is 0 Å². The lowest BCUT2D eigenvalue weighted by atomic mass is 10.1. The van der Waals surface area contributed by atoms with Crippen LogP contribution in [0, 0.1) is 0 Å². The summed E-state index contributed by atoms with van der Waals surface area (Å²) in [5.41, 5.74) is 0. The molecular weight excluding hydrogens is 252 g/mol. The molecular formula is C15H30N4O. The molecule has 0 saturated carbocycles. The second-order valence-corrected chi connectivity index (χ2v) is 6.06. The zero-order valence-electron chi connectivity index (χ0n) is 13.1. The van der Waals surface area contributed by atoms with Crippen LogP contribution in [0.15, 0.2) is 0 Å². The van der Waals surface area contributed by atoms with E-state index in [-0.39, 0.29) is 0 Å². The first-order valence-electron chi connectivity index (χ1n) is 8.11. The standard InChI is InChI=1S/C15H30N4O/c1-3-18-9-4-5-14(6-10-18)17(2)13-15(20)19-11-7-16-8-12-19/h14,16H,3-13H2,1-2H3. The van der Waals surface area contributed by atoms with Gasteiger partial charge in [0.25, 0.3) is 0 Å². The molecule has 116 valence electrons. The zero-order valence-corrected chi connectivity index (χ0v) is 13.1. The van der Waals surface area contributed by atoms with Crippen molar-refractivity contribution in [2.75, 3.05) is 59.4 Å². The van der Waals surface area contributed by atoms with Crippen molar-refractivity contribution in [3.63, 3.8) is 0 Å². The van der Waals surface area contributed by atoms with E-state index in [0.717, 1.165) is 32.7 Å². The fourth-order valence-electron chi connectivity index (χ4n) is 3.25. The maximum atomic E-state index is 12.3. The first-order valence-corrected chi connectivity index (χ1v) is 8.11. The van der Waals surface area contributed by atoms with Crippen LogP contribution in [-0.4, -0.2) is 86.1 Å². The number of nitrogens with zero attached hydrogens (tertiary/aromatic N) is 3. The SMILES string of the molecule is CCN1CCCC(N(C)CC(=O)N2CCNCC2)CC1. The summed E-state index contributed by atoms with van der Waals surface area (Å²) >= 11 is 0. The van der Waals surface area contributed by atoms with Gasteiger partial charge in [0, 0.05) is 32.2 Å². The fourth-order valence-corrected chi connectivity index (χ4v) is 3.25. The van der Waals surface area contributed by atoms with Crippen molar-refractivity contribution in [1.29, 1.82) is 0 Å². The summed E-state index contributed by atoms with van der Waals surface area (Å²) < 4.78 is 0. The van der Waals surface area contributed by atoms with E-state index in [4.69, 9.17) is 0 Å². The molecule has 2 heterocycles. The van der Waals surface area contributed by atoms with Gasteiger partial charge in [0.1, 0.15) is 0 Å². The van der Waals surface area contributed by atoms with Gasteiger partial charge in [0.2, 0.25) is 5.91 Å². The normalized spacial score (nSPS) is 25.8. The zero-order chi connectivity index (χ0) is 14.4. The maximum absolute atomic E-state index is 12.3. The number of nitrogens with one attached hydrogen (secondary N) is 1. The molecule has 2 saturated heterocycles. The fraction of sp³-hybridized carbons (Fsp3) is 0.933. The summed E-state index contributed by atoms with van der Waals surface area (Å²) in [6.07, 6.45) is 3.67. The summed E-state index contributed by atoms with van der Waals surface area (Å²) in [5, 5.41) is 3.29. The molecule has 1 atom stereocenters. The van der Waals surface area contributed by atoms with Gasteiger partial charge in [0.15, 0.2) is 0 Å². The maximum Gasteiger partial charge on any atom is 0.236 e. The van der Waals surface area contributed by atoms with Gasteiger partial charge < -0.3 is 15.1 Å². The molecule has 1 N–H and O–H groups in total. The number of likely N-dealkylation sites (tertiary alicyclic amines) is 1. The van der Waals surface area contributed by atoms with E-state index >= 15 is 0 Å². The molecule has 1 unspecified atom stereocenters. The van der Waals surface area contributed by atoms with Crippen LogP contribution in [-0.2, 0) is 4.79 Å². The lowest BCUT2D eigenvalue weighted by Crippen LogP contribution is -2.50. The average Bonchev–Trinajstić information content (AvgIpc) is 2.73. The Balaban J connectivity index is 1.78. The smallest absolute Gasteiger partial charge is 0.236 e. The minimum absolute atomic E-state index is 0.297. The van der Waals surface area contributed by atoms with Crippen LogP contribution in [0.2, 0.25) is 0 Å². The monoisotopic (exact) mass is 282 g/mol. The molecule has 0 aromatic heterocycles. The van der Waals surface area contributed by atoms with Crippen LogP contribution in [0.5, 0.6) is 0 Å². The molecule has 0 aromatic rings. The number of carbonyl (C=O) groups is 1. The molecule has 0 bridgehead atoms. The van der Waals surface area contributed by atoms with Gasteiger partial charge in [-0.05, 0) is 45.9 Å². The Labute approximate surface area is 123 Å². The Bertz CT molecular complexity index is 304. The molecule has 0 aromatic carbocycles. The molecule has 2 rings (SSSR count). The van der Waals surface area contributed by atoms with Gasteiger partial charge in [-0.1, -0.05) is 6.92 Å². The minimum atomic E-state index is 0.297. The molecule has 2 fully saturated rings. The van der Waals surface area contributed by atoms with Crippen molar-refractivity contribution in [2.45, 2.75) is 32.2 Å². The predicted octanol–water partition coefficient (Wildman–Crippen LogP) is 0.224. The van der Waals surface area contributed by atoms with Gasteiger partial charge in [-0.25, -0.2) is 0 Å². The van der Waals surface area contributed by atoms with Crippen LogP contribution >= 0.6 is 0 Å². The van der Waals surface area contributed by atoms with Gasteiger partial charge in [-0.2, -0.15) is 0 Å². The van der Waals surface area contributed by atoms with E-state index in [1.54, 1.807) is 0 Å². The van der Waals surface area contributed by atoms with Crippen molar-refractivity contribution >= 4 is 5.91 Å². The summed E-state index contributed by atoms with van der Waals surface area (Å²) in [4.78, 5) is 19.1. The van der Waals surface area contributed by atoms with E-state index in [2.05, 4.69) is 29.1 Å². The second-order valence-electron chi connectivity index (χ2n) is 6.06. The van der Waals surface area contributed by atoms with Crippen molar-refractivity contribution in [3.8, 4) is 0 Å². The molecule has 20 heavy (non-hydrogen) atoms. The number of rotatable bonds is 4. The lowest BCUT2D eigenvalue weighted by Gasteiger charge is -2.32. The minimum Gasteiger partial charge on any atom is -0.339 e. The van der Waals surface area contributed by atoms with Crippen LogP contribution < -0.4 is 5.32 Å². The quantitative estimate of drug-likeness (QED) is 0.801. The van der Waals surface area contributed by atoms with E-state index in [1.165, 1.54) is 32.4 Å². The highest BCUT2D eigenvalue weighted by Crippen LogP contribution is 2.15. The third-order valence-electron chi connectivity index (χ3n) is 4.72. The molecule has 5 heteroatoms. The van der Waals surface area contributed by atoms with Gasteiger partial charge in [-0.15, -0.1) is 0 Å². The van der Waals surface area contributed by atoms with Crippen LogP contribution in [0.4, 0.5) is 0 Å². The molecule has 5 nitrogen and oxygen atoms in total. The number of carbonyl (C=O) groups excluding carboxylic acids is 1. The Morgan fingerprint density at radius 2 is 1.95 bits per heavy atom. The Kier molecular flexibility index (Phi) is 6.26. The molecule has 0 aliphatic carbocycles. The predicted molar refractivity (Wildman–Crippen MR) is 81.8 cm³/mol. The highest BCUT2D eigenvalue weighted by molar-refractivity contribution is 5.78. The van der Waals surface area contributed by atoms with Crippen LogP contribution in [0.25, 0.3) is 0 Å². The van der Waals surface area contributed by atoms with E-state index in [1.807, 2.05) is 4.90 Å². The Morgan fingerprint density at radius 3 is 2.65 bits per heavy atom. The van der Waals surface area contributed by atoms with Crippen LogP contribution in [0.1, 0.15) is 26.2 Å². The number of amides is 1. The Hall–Kier alpha value is -0.650. The van der Waals surface area contributed by atoms with Crippen molar-refractivity contribution in [1.82, 2.24) is 20.0 Å².